The predicted octanol–water partition coefficient (Wildman–Crippen LogP) is 3.38. The van der Waals surface area contributed by atoms with E-state index in [0.717, 1.165) is 6.26 Å². The third-order valence-corrected chi connectivity index (χ3v) is 5.09. The summed E-state index contributed by atoms with van der Waals surface area (Å²) in [6.45, 7) is 0. The highest BCUT2D eigenvalue weighted by Crippen LogP contribution is 2.24. The first-order valence-corrected chi connectivity index (χ1v) is 10.1. The average molecular weight is 398 g/mol. The number of sulfone groups is 1. The molecule has 0 radical (unpaired) electrons. The summed E-state index contributed by atoms with van der Waals surface area (Å²) in [7, 11) is -3.25. The fraction of sp³-hybridized carbons (Fsp3) is 0.0556. The number of aromatic nitrogens is 4. The number of fused-ring (bicyclic) bond motifs is 1. The highest BCUT2D eigenvalue weighted by Gasteiger charge is 2.09. The van der Waals surface area contributed by atoms with Gasteiger partial charge in [0.2, 0.25) is 5.95 Å². The maximum Gasteiger partial charge on any atom is 0.229 e. The molecule has 0 fully saturated rings. The zero-order valence-corrected chi connectivity index (χ0v) is 15.5. The SMILES string of the molecule is CS(=O)(=O)c1ccc(Nc2nccc(Nc3n[nH]c4ccc(F)cc34)n2)cc1. The zero-order valence-electron chi connectivity index (χ0n) is 14.6. The highest BCUT2D eigenvalue weighted by molar-refractivity contribution is 7.90. The number of benzene rings is 2. The molecule has 8 nitrogen and oxygen atoms in total. The summed E-state index contributed by atoms with van der Waals surface area (Å²) in [5, 5.41) is 13.6. The summed E-state index contributed by atoms with van der Waals surface area (Å²) in [5.41, 5.74) is 1.33. The Kier molecular flexibility index (Phi) is 4.40. The van der Waals surface area contributed by atoms with Gasteiger partial charge >= 0.3 is 0 Å². The van der Waals surface area contributed by atoms with E-state index in [1.807, 2.05) is 0 Å². The standard InChI is InChI=1S/C18H15FN6O2S/c1-28(26,27)13-5-3-12(4-6-13)21-18-20-9-8-16(23-18)22-17-14-10-11(19)2-7-15(14)24-25-17/h2-10H,1H3,(H3,20,21,22,23,24,25). The third-order valence-electron chi connectivity index (χ3n) is 3.97. The molecule has 0 saturated heterocycles. The van der Waals surface area contributed by atoms with Gasteiger partial charge in [-0.3, -0.25) is 5.10 Å². The molecule has 4 rings (SSSR count). The Morgan fingerprint density at radius 2 is 1.82 bits per heavy atom. The van der Waals surface area contributed by atoms with Crippen molar-refractivity contribution in [3.63, 3.8) is 0 Å². The van der Waals surface area contributed by atoms with Gasteiger partial charge in [-0.1, -0.05) is 0 Å². The van der Waals surface area contributed by atoms with Gasteiger partial charge in [0, 0.05) is 23.5 Å². The molecule has 0 atom stereocenters. The van der Waals surface area contributed by atoms with E-state index < -0.39 is 9.84 Å². The molecule has 2 aromatic heterocycles. The van der Waals surface area contributed by atoms with Crippen LogP contribution in [0.4, 0.5) is 27.7 Å². The van der Waals surface area contributed by atoms with Crippen molar-refractivity contribution < 1.29 is 12.8 Å². The van der Waals surface area contributed by atoms with Crippen LogP contribution in [0, 0.1) is 5.82 Å². The molecule has 0 amide bonds. The van der Waals surface area contributed by atoms with Gasteiger partial charge in [-0.15, -0.1) is 0 Å². The number of rotatable bonds is 5. The fourth-order valence-corrected chi connectivity index (χ4v) is 3.24. The average Bonchev–Trinajstić information content (AvgIpc) is 3.04. The summed E-state index contributed by atoms with van der Waals surface area (Å²) >= 11 is 0. The quantitative estimate of drug-likeness (QED) is 0.472. The number of H-pyrrole nitrogens is 1. The summed E-state index contributed by atoms with van der Waals surface area (Å²) in [4.78, 5) is 8.72. The lowest BCUT2D eigenvalue weighted by molar-refractivity contribution is 0.602. The van der Waals surface area contributed by atoms with Gasteiger partial charge in [-0.2, -0.15) is 10.1 Å². The highest BCUT2D eigenvalue weighted by atomic mass is 32.2. The van der Waals surface area contributed by atoms with Gasteiger partial charge in [0.1, 0.15) is 11.6 Å². The Labute approximate surface area is 159 Å². The van der Waals surface area contributed by atoms with Crippen molar-refractivity contribution >= 4 is 44.0 Å². The minimum atomic E-state index is -3.25. The Morgan fingerprint density at radius 3 is 2.57 bits per heavy atom. The summed E-state index contributed by atoms with van der Waals surface area (Å²) in [6.07, 6.45) is 2.70. The number of aromatic amines is 1. The van der Waals surface area contributed by atoms with Gasteiger partial charge in [0.15, 0.2) is 15.7 Å². The van der Waals surface area contributed by atoms with Crippen molar-refractivity contribution in [1.82, 2.24) is 20.2 Å². The maximum atomic E-state index is 13.5. The Bertz CT molecular complexity index is 1250. The zero-order chi connectivity index (χ0) is 19.7. The lowest BCUT2D eigenvalue weighted by Gasteiger charge is -2.08. The Hall–Kier alpha value is -3.53. The van der Waals surface area contributed by atoms with Crippen molar-refractivity contribution in [1.29, 1.82) is 0 Å². The molecule has 0 bridgehead atoms. The van der Waals surface area contributed by atoms with Crippen LogP contribution < -0.4 is 10.6 Å². The smallest absolute Gasteiger partial charge is 0.229 e. The molecule has 0 spiro atoms. The molecule has 0 aliphatic heterocycles. The maximum absolute atomic E-state index is 13.5. The lowest BCUT2D eigenvalue weighted by Crippen LogP contribution is -2.01. The number of hydrogen-bond donors (Lipinski definition) is 3. The number of nitrogens with one attached hydrogen (secondary N) is 3. The molecule has 0 aliphatic rings. The molecule has 2 heterocycles. The van der Waals surface area contributed by atoms with Crippen molar-refractivity contribution in [2.45, 2.75) is 4.90 Å². The second-order valence-electron chi connectivity index (χ2n) is 6.07. The second kappa shape index (κ2) is 6.89. The monoisotopic (exact) mass is 398 g/mol. The molecule has 142 valence electrons. The van der Waals surface area contributed by atoms with Crippen LogP contribution in [0.2, 0.25) is 0 Å². The van der Waals surface area contributed by atoms with Crippen LogP contribution in [0.3, 0.4) is 0 Å². The van der Waals surface area contributed by atoms with Crippen molar-refractivity contribution in [2.75, 3.05) is 16.9 Å². The summed E-state index contributed by atoms with van der Waals surface area (Å²) in [5.74, 6) is 0.849. The molecule has 3 N–H and O–H groups in total. The third kappa shape index (κ3) is 3.76. The van der Waals surface area contributed by atoms with Crippen LogP contribution in [0.15, 0.2) is 59.6 Å². The molecule has 4 aromatic rings. The first-order valence-electron chi connectivity index (χ1n) is 8.19. The minimum Gasteiger partial charge on any atom is -0.324 e. The van der Waals surface area contributed by atoms with Crippen LogP contribution in [0.1, 0.15) is 0 Å². The summed E-state index contributed by atoms with van der Waals surface area (Å²) < 4.78 is 36.6. The molecule has 2 aromatic carbocycles. The van der Waals surface area contributed by atoms with E-state index in [-0.39, 0.29) is 10.7 Å². The largest absolute Gasteiger partial charge is 0.324 e. The predicted molar refractivity (Wildman–Crippen MR) is 104 cm³/mol. The van der Waals surface area contributed by atoms with Crippen LogP contribution in [-0.2, 0) is 9.84 Å². The molecule has 28 heavy (non-hydrogen) atoms. The van der Waals surface area contributed by atoms with Crippen LogP contribution in [0.5, 0.6) is 0 Å². The topological polar surface area (TPSA) is 113 Å². The minimum absolute atomic E-state index is 0.229. The lowest BCUT2D eigenvalue weighted by atomic mass is 10.2. The molecule has 0 aliphatic carbocycles. The summed E-state index contributed by atoms with van der Waals surface area (Å²) in [6, 6.07) is 12.3. The van der Waals surface area contributed by atoms with E-state index in [1.54, 1.807) is 30.5 Å². The van der Waals surface area contributed by atoms with Gasteiger partial charge in [-0.25, -0.2) is 17.8 Å². The van der Waals surface area contributed by atoms with Gasteiger partial charge in [0.05, 0.1) is 10.4 Å². The molecular formula is C18H15FN6O2S. The van der Waals surface area contributed by atoms with Crippen LogP contribution in [-0.4, -0.2) is 34.8 Å². The van der Waals surface area contributed by atoms with E-state index >= 15 is 0 Å². The van der Waals surface area contributed by atoms with Crippen LogP contribution >= 0.6 is 0 Å². The number of halogens is 1. The fourth-order valence-electron chi connectivity index (χ4n) is 2.61. The van der Waals surface area contributed by atoms with Crippen molar-refractivity contribution in [3.05, 3.63) is 60.5 Å². The van der Waals surface area contributed by atoms with Crippen LogP contribution in [0.25, 0.3) is 10.9 Å². The van der Waals surface area contributed by atoms with Crippen molar-refractivity contribution in [3.8, 4) is 0 Å². The van der Waals surface area contributed by atoms with E-state index in [4.69, 9.17) is 0 Å². The number of nitrogens with zero attached hydrogens (tertiary/aromatic N) is 3. The molecule has 10 heteroatoms. The normalized spacial score (nSPS) is 11.5. The van der Waals surface area contributed by atoms with E-state index in [2.05, 4.69) is 30.8 Å². The number of anilines is 4. The van der Waals surface area contributed by atoms with Gasteiger partial charge < -0.3 is 10.6 Å². The van der Waals surface area contributed by atoms with Crippen molar-refractivity contribution in [2.24, 2.45) is 0 Å². The first kappa shape index (κ1) is 17.9. The van der Waals surface area contributed by atoms with E-state index in [0.29, 0.717) is 34.2 Å². The second-order valence-corrected chi connectivity index (χ2v) is 8.09. The Balaban J connectivity index is 1.55. The van der Waals surface area contributed by atoms with Gasteiger partial charge in [-0.05, 0) is 48.5 Å². The molecular weight excluding hydrogens is 383 g/mol. The molecule has 0 saturated carbocycles. The first-order chi connectivity index (χ1) is 13.4. The van der Waals surface area contributed by atoms with Gasteiger partial charge in [0.25, 0.3) is 0 Å². The molecule has 0 unspecified atom stereocenters. The Morgan fingerprint density at radius 1 is 1.04 bits per heavy atom. The number of hydrogen-bond acceptors (Lipinski definition) is 7. The van der Waals surface area contributed by atoms with E-state index in [9.17, 15) is 12.8 Å². The van der Waals surface area contributed by atoms with E-state index in [1.165, 1.54) is 24.3 Å².